The average Bonchev–Trinajstić information content (AvgIpc) is 3.86. The molecule has 0 unspecified atom stereocenters. The summed E-state index contributed by atoms with van der Waals surface area (Å²) in [5, 5.41) is 1.86. The topological polar surface area (TPSA) is 62.7 Å². The number of ether oxygens (including phenoxy) is 4. The monoisotopic (exact) mass is 913 g/mol. The van der Waals surface area contributed by atoms with Gasteiger partial charge in [-0.05, 0) is 73.5 Å². The molecular formula is C56H78F2N2O4S. The minimum absolute atomic E-state index is 0.107. The van der Waals surface area contributed by atoms with Crippen LogP contribution in [0.4, 0.5) is 8.78 Å². The van der Waals surface area contributed by atoms with E-state index in [9.17, 15) is 0 Å². The van der Waals surface area contributed by atoms with Crippen molar-refractivity contribution in [1.29, 1.82) is 0 Å². The second-order valence-electron chi connectivity index (χ2n) is 17.6. The quantitative estimate of drug-likeness (QED) is 0.0377. The van der Waals surface area contributed by atoms with Crippen molar-refractivity contribution in [1.82, 2.24) is 9.97 Å². The zero-order valence-electron chi connectivity index (χ0n) is 40.3. The van der Waals surface area contributed by atoms with Crippen LogP contribution in [-0.2, 0) is 0 Å². The summed E-state index contributed by atoms with van der Waals surface area (Å²) in [6, 6.07) is 16.6. The van der Waals surface area contributed by atoms with E-state index in [0.29, 0.717) is 71.2 Å². The lowest BCUT2D eigenvalue weighted by molar-refractivity contribution is 0.258. The minimum Gasteiger partial charge on any atom is -0.490 e. The highest BCUT2D eigenvalue weighted by molar-refractivity contribution is 7.13. The summed E-state index contributed by atoms with van der Waals surface area (Å²) in [5.74, 6) is 0.752. The number of thiophene rings is 1. The fraction of sp³-hybridized carbons (Fsp3) is 0.571. The lowest BCUT2D eigenvalue weighted by Crippen LogP contribution is -2.05. The van der Waals surface area contributed by atoms with Crippen molar-refractivity contribution in [3.8, 4) is 56.0 Å². The van der Waals surface area contributed by atoms with Crippen LogP contribution in [0.3, 0.4) is 0 Å². The third-order valence-corrected chi connectivity index (χ3v) is 13.0. The molecule has 0 saturated carbocycles. The van der Waals surface area contributed by atoms with Gasteiger partial charge in [0.2, 0.25) is 0 Å². The summed E-state index contributed by atoms with van der Waals surface area (Å²) >= 11 is 1.34. The zero-order chi connectivity index (χ0) is 45.9. The first-order valence-corrected chi connectivity index (χ1v) is 26.4. The molecule has 9 heteroatoms. The SMILES string of the molecule is CCCCCCCCOc1ccc(-c2nc3cc(F)c(F)c(-c4cccs4)c3nc2-c2ccc(OCCCCCCCC)c(OCCCCCCCC)c2)cc1OCCCCCCCC. The first-order valence-electron chi connectivity index (χ1n) is 25.5. The molecule has 0 fully saturated rings. The van der Waals surface area contributed by atoms with Gasteiger partial charge >= 0.3 is 0 Å². The molecule has 0 aliphatic rings. The molecule has 0 spiro atoms. The molecule has 6 nitrogen and oxygen atoms in total. The van der Waals surface area contributed by atoms with Crippen molar-refractivity contribution in [3.05, 3.63) is 71.6 Å². The van der Waals surface area contributed by atoms with Gasteiger partial charge in [0.05, 0.1) is 48.9 Å². The molecule has 0 atom stereocenters. The Hall–Kier alpha value is -4.24. The molecule has 0 saturated heterocycles. The first-order chi connectivity index (χ1) is 32.0. The van der Waals surface area contributed by atoms with Crippen LogP contribution in [0.2, 0.25) is 0 Å². The molecule has 0 N–H and O–H groups in total. The van der Waals surface area contributed by atoms with Gasteiger partial charge < -0.3 is 18.9 Å². The van der Waals surface area contributed by atoms with E-state index in [0.717, 1.165) is 68.6 Å². The smallest absolute Gasteiger partial charge is 0.169 e. The van der Waals surface area contributed by atoms with E-state index in [2.05, 4.69) is 27.7 Å². The van der Waals surface area contributed by atoms with Crippen molar-refractivity contribution in [2.75, 3.05) is 26.4 Å². The number of fused-ring (bicyclic) bond motifs is 1. The van der Waals surface area contributed by atoms with E-state index >= 15 is 8.78 Å². The van der Waals surface area contributed by atoms with E-state index in [1.807, 2.05) is 47.8 Å². The molecule has 0 radical (unpaired) electrons. The molecule has 3 aromatic carbocycles. The van der Waals surface area contributed by atoms with Crippen LogP contribution < -0.4 is 18.9 Å². The number of aromatic nitrogens is 2. The summed E-state index contributed by atoms with van der Waals surface area (Å²) in [4.78, 5) is 10.9. The number of halogens is 2. The van der Waals surface area contributed by atoms with E-state index in [4.69, 9.17) is 28.9 Å². The van der Waals surface area contributed by atoms with Crippen molar-refractivity contribution >= 4 is 22.4 Å². The lowest BCUT2D eigenvalue weighted by atomic mass is 10.0. The van der Waals surface area contributed by atoms with Gasteiger partial charge in [-0.25, -0.2) is 18.7 Å². The van der Waals surface area contributed by atoms with Gasteiger partial charge in [0.25, 0.3) is 0 Å². The van der Waals surface area contributed by atoms with Gasteiger partial charge in [-0.1, -0.05) is 162 Å². The highest BCUT2D eigenvalue weighted by Gasteiger charge is 2.24. The zero-order valence-corrected chi connectivity index (χ0v) is 41.1. The van der Waals surface area contributed by atoms with Crippen LogP contribution in [0.1, 0.15) is 182 Å². The number of nitrogens with zero attached hydrogens (tertiary/aromatic N) is 2. The second-order valence-corrected chi connectivity index (χ2v) is 18.5. The third kappa shape index (κ3) is 16.9. The highest BCUT2D eigenvalue weighted by Crippen LogP contribution is 2.42. The van der Waals surface area contributed by atoms with Crippen LogP contribution in [0.5, 0.6) is 23.0 Å². The van der Waals surface area contributed by atoms with Gasteiger partial charge in [0.1, 0.15) is 5.52 Å². The van der Waals surface area contributed by atoms with Gasteiger partial charge in [0, 0.05) is 22.1 Å². The molecule has 356 valence electrons. The maximum atomic E-state index is 15.9. The molecule has 0 amide bonds. The van der Waals surface area contributed by atoms with Crippen LogP contribution in [0.15, 0.2) is 60.0 Å². The normalized spacial score (nSPS) is 11.4. The lowest BCUT2D eigenvalue weighted by Gasteiger charge is -2.18. The molecule has 5 rings (SSSR count). The van der Waals surface area contributed by atoms with Crippen LogP contribution in [0, 0.1) is 11.6 Å². The molecule has 2 aromatic heterocycles. The Labute approximate surface area is 394 Å². The Bertz CT molecular complexity index is 2090. The molecular weight excluding hydrogens is 835 g/mol. The van der Waals surface area contributed by atoms with E-state index in [-0.39, 0.29) is 11.1 Å². The Balaban J connectivity index is 1.55. The minimum atomic E-state index is -0.965. The number of unbranched alkanes of at least 4 members (excludes halogenated alkanes) is 20. The molecule has 0 aliphatic heterocycles. The van der Waals surface area contributed by atoms with Gasteiger partial charge in [-0.2, -0.15) is 0 Å². The van der Waals surface area contributed by atoms with Crippen molar-refractivity contribution in [3.63, 3.8) is 0 Å². The molecule has 0 aliphatic carbocycles. The van der Waals surface area contributed by atoms with Crippen molar-refractivity contribution in [2.24, 2.45) is 0 Å². The summed E-state index contributed by atoms with van der Waals surface area (Å²) in [7, 11) is 0. The predicted molar refractivity (Wildman–Crippen MR) is 269 cm³/mol. The predicted octanol–water partition coefficient (Wildman–Crippen LogP) is 17.9. The van der Waals surface area contributed by atoms with Crippen molar-refractivity contribution in [2.45, 2.75) is 182 Å². The largest absolute Gasteiger partial charge is 0.490 e. The fourth-order valence-electron chi connectivity index (χ4n) is 8.22. The number of hydrogen-bond acceptors (Lipinski definition) is 7. The van der Waals surface area contributed by atoms with Gasteiger partial charge in [-0.3, -0.25) is 0 Å². The Morgan fingerprint density at radius 3 is 1.26 bits per heavy atom. The van der Waals surface area contributed by atoms with Crippen LogP contribution in [0.25, 0.3) is 44.0 Å². The van der Waals surface area contributed by atoms with Crippen LogP contribution >= 0.6 is 11.3 Å². The fourth-order valence-corrected chi connectivity index (χ4v) is 8.99. The van der Waals surface area contributed by atoms with Gasteiger partial charge in [-0.15, -0.1) is 11.3 Å². The maximum absolute atomic E-state index is 15.9. The van der Waals surface area contributed by atoms with E-state index < -0.39 is 11.6 Å². The Morgan fingerprint density at radius 2 is 0.846 bits per heavy atom. The summed E-state index contributed by atoms with van der Waals surface area (Å²) < 4.78 is 57.3. The number of rotatable bonds is 35. The molecule has 5 aromatic rings. The summed E-state index contributed by atoms with van der Waals surface area (Å²) in [6.45, 7) is 11.3. The summed E-state index contributed by atoms with van der Waals surface area (Å²) in [6.07, 6.45) is 27.9. The second kappa shape index (κ2) is 30.1. The van der Waals surface area contributed by atoms with Gasteiger partial charge in [0.15, 0.2) is 34.6 Å². The third-order valence-electron chi connectivity index (χ3n) is 12.1. The molecule has 2 heterocycles. The summed E-state index contributed by atoms with van der Waals surface area (Å²) in [5.41, 5.74) is 3.18. The van der Waals surface area contributed by atoms with Crippen molar-refractivity contribution < 1.29 is 27.7 Å². The number of benzene rings is 3. The standard InChI is InChI=1S/C56H78F2N2O4S/c1-5-9-13-17-21-25-35-61-47-33-31-43(40-49(47)63-37-27-23-19-15-11-7-3)54-55(60-56-46(59-54)42-45(57)53(58)52(56)51-30-29-39-65-51)44-32-34-48(62-36-26-22-18-14-10-6-2)50(41-44)64-38-28-24-20-16-12-8-4/h29-34,39-42H,5-28,35-38H2,1-4H3. The molecule has 0 bridgehead atoms. The first kappa shape index (κ1) is 51.7. The van der Waals surface area contributed by atoms with Crippen LogP contribution in [-0.4, -0.2) is 36.4 Å². The Kier molecular flexibility index (Phi) is 24.0. The number of hydrogen-bond donors (Lipinski definition) is 0. The van der Waals surface area contributed by atoms with E-state index in [1.165, 1.54) is 114 Å². The molecule has 65 heavy (non-hydrogen) atoms. The highest BCUT2D eigenvalue weighted by atomic mass is 32.1. The average molecular weight is 913 g/mol. The Morgan fingerprint density at radius 1 is 0.446 bits per heavy atom. The maximum Gasteiger partial charge on any atom is 0.169 e. The van der Waals surface area contributed by atoms with E-state index in [1.54, 1.807) is 6.07 Å².